The van der Waals surface area contributed by atoms with Crippen LogP contribution in [0.4, 0.5) is 0 Å². The van der Waals surface area contributed by atoms with Gasteiger partial charge in [-0.25, -0.2) is 8.42 Å². The van der Waals surface area contributed by atoms with Crippen LogP contribution in [0.5, 0.6) is 5.75 Å². The molecule has 3 rings (SSSR count). The Hall–Kier alpha value is -1.37. The largest absolute Gasteiger partial charge is 0.495 e. The summed E-state index contributed by atoms with van der Waals surface area (Å²) >= 11 is 3.37. The maximum absolute atomic E-state index is 13.5. The summed E-state index contributed by atoms with van der Waals surface area (Å²) in [5.74, 6) is 0.792. The third-order valence-corrected chi connectivity index (χ3v) is 7.10. The minimum absolute atomic E-state index is 0.0473. The Morgan fingerprint density at radius 3 is 2.48 bits per heavy atom. The summed E-state index contributed by atoms with van der Waals surface area (Å²) in [6, 6.07) is 14.7. The molecule has 1 fully saturated rings. The Bertz CT molecular complexity index is 835. The van der Waals surface area contributed by atoms with Gasteiger partial charge < -0.3 is 4.74 Å². The number of methoxy groups -OCH3 is 1. The van der Waals surface area contributed by atoms with Gasteiger partial charge in [0.1, 0.15) is 10.6 Å². The van der Waals surface area contributed by atoms with E-state index >= 15 is 0 Å². The van der Waals surface area contributed by atoms with E-state index in [1.807, 2.05) is 37.3 Å². The molecule has 0 aliphatic heterocycles. The molecular weight excluding hydrogens is 402 g/mol. The van der Waals surface area contributed by atoms with Gasteiger partial charge in [0.05, 0.1) is 7.11 Å². The van der Waals surface area contributed by atoms with E-state index in [1.54, 1.807) is 22.5 Å². The van der Waals surface area contributed by atoms with Crippen molar-refractivity contribution in [2.75, 3.05) is 7.11 Å². The van der Waals surface area contributed by atoms with E-state index in [9.17, 15) is 8.42 Å². The van der Waals surface area contributed by atoms with Gasteiger partial charge in [-0.2, -0.15) is 4.31 Å². The Kier molecular flexibility index (Phi) is 5.51. The first-order chi connectivity index (χ1) is 11.9. The van der Waals surface area contributed by atoms with E-state index in [0.717, 1.165) is 18.4 Å². The van der Waals surface area contributed by atoms with Gasteiger partial charge in [-0.15, -0.1) is 0 Å². The second kappa shape index (κ2) is 7.48. The molecule has 0 amide bonds. The maximum atomic E-state index is 13.5. The Morgan fingerprint density at radius 1 is 1.20 bits per heavy atom. The highest BCUT2D eigenvalue weighted by Crippen LogP contribution is 2.39. The van der Waals surface area contributed by atoms with E-state index in [4.69, 9.17) is 4.74 Å². The number of hydrogen-bond donors (Lipinski definition) is 0. The highest BCUT2D eigenvalue weighted by molar-refractivity contribution is 9.10. The third kappa shape index (κ3) is 4.07. The van der Waals surface area contributed by atoms with E-state index in [2.05, 4.69) is 15.9 Å². The van der Waals surface area contributed by atoms with Crippen molar-refractivity contribution in [3.05, 3.63) is 58.6 Å². The fraction of sp³-hybridized carbons (Fsp3) is 0.368. The molecule has 4 nitrogen and oxygen atoms in total. The molecule has 1 atom stereocenters. The maximum Gasteiger partial charge on any atom is 0.247 e. The lowest BCUT2D eigenvalue weighted by atomic mass is 10.2. The topological polar surface area (TPSA) is 46.6 Å². The highest BCUT2D eigenvalue weighted by atomic mass is 79.9. The van der Waals surface area contributed by atoms with E-state index in [-0.39, 0.29) is 10.9 Å². The van der Waals surface area contributed by atoms with E-state index < -0.39 is 10.0 Å². The molecule has 0 spiro atoms. The summed E-state index contributed by atoms with van der Waals surface area (Å²) in [6.07, 6.45) is 2.16. The monoisotopic (exact) mass is 423 g/mol. The standard InChI is InChI=1S/C19H22BrNO3S/c1-14(16-8-9-16)21(13-15-6-4-3-5-7-15)25(22,23)19-12-17(20)10-11-18(19)24-2/h3-7,10-12,14,16H,8-9,13H2,1-2H3/t14-/m0/s1. The number of halogens is 1. The van der Waals surface area contributed by atoms with Crippen molar-refractivity contribution < 1.29 is 13.2 Å². The number of ether oxygens (including phenoxy) is 1. The van der Waals surface area contributed by atoms with Crippen LogP contribution < -0.4 is 4.74 Å². The van der Waals surface area contributed by atoms with Gasteiger partial charge in [0.2, 0.25) is 10.0 Å². The Morgan fingerprint density at radius 2 is 1.88 bits per heavy atom. The molecule has 1 aliphatic carbocycles. The zero-order valence-electron chi connectivity index (χ0n) is 14.4. The zero-order chi connectivity index (χ0) is 18.0. The van der Waals surface area contributed by atoms with Gasteiger partial charge in [-0.1, -0.05) is 46.3 Å². The molecule has 1 aliphatic rings. The van der Waals surface area contributed by atoms with Crippen molar-refractivity contribution in [3.63, 3.8) is 0 Å². The van der Waals surface area contributed by atoms with Gasteiger partial charge >= 0.3 is 0 Å². The van der Waals surface area contributed by atoms with Gasteiger partial charge in [0.25, 0.3) is 0 Å². The van der Waals surface area contributed by atoms with Crippen LogP contribution >= 0.6 is 15.9 Å². The average molecular weight is 424 g/mol. The van der Waals surface area contributed by atoms with Crippen LogP contribution in [-0.2, 0) is 16.6 Å². The highest BCUT2D eigenvalue weighted by Gasteiger charge is 2.39. The van der Waals surface area contributed by atoms with Crippen LogP contribution in [0.15, 0.2) is 57.9 Å². The molecule has 0 bridgehead atoms. The second-order valence-electron chi connectivity index (χ2n) is 6.41. The van der Waals surface area contributed by atoms with Gasteiger partial charge in [-0.3, -0.25) is 0 Å². The molecule has 2 aromatic rings. The molecule has 25 heavy (non-hydrogen) atoms. The first kappa shape index (κ1) is 18.4. The normalized spacial score (nSPS) is 16.0. The number of sulfonamides is 1. The van der Waals surface area contributed by atoms with Crippen LogP contribution in [0, 0.1) is 5.92 Å². The van der Waals surface area contributed by atoms with Crippen molar-refractivity contribution in [1.82, 2.24) is 4.31 Å². The van der Waals surface area contributed by atoms with Gasteiger partial charge in [0, 0.05) is 17.1 Å². The molecule has 0 heterocycles. The van der Waals surface area contributed by atoms with Crippen molar-refractivity contribution in [1.29, 1.82) is 0 Å². The summed E-state index contributed by atoms with van der Waals surface area (Å²) in [5, 5.41) is 0. The summed E-state index contributed by atoms with van der Waals surface area (Å²) in [5.41, 5.74) is 0.979. The first-order valence-corrected chi connectivity index (χ1v) is 10.6. The minimum Gasteiger partial charge on any atom is -0.495 e. The van der Waals surface area contributed by atoms with E-state index in [0.29, 0.717) is 22.7 Å². The van der Waals surface area contributed by atoms with Crippen molar-refractivity contribution >= 4 is 26.0 Å². The molecule has 134 valence electrons. The first-order valence-electron chi connectivity index (χ1n) is 8.33. The quantitative estimate of drug-likeness (QED) is 0.660. The molecular formula is C19H22BrNO3S. The summed E-state index contributed by atoms with van der Waals surface area (Å²) in [7, 11) is -2.20. The minimum atomic E-state index is -3.69. The van der Waals surface area contributed by atoms with Crippen LogP contribution in [0.3, 0.4) is 0 Å². The van der Waals surface area contributed by atoms with Crippen molar-refractivity contribution in [2.45, 2.75) is 37.2 Å². The molecule has 6 heteroatoms. The molecule has 0 radical (unpaired) electrons. The summed E-state index contributed by atoms with van der Waals surface area (Å²) in [4.78, 5) is 0.202. The number of rotatable bonds is 7. The Balaban J connectivity index is 2.03. The predicted molar refractivity (Wildman–Crippen MR) is 102 cm³/mol. The fourth-order valence-electron chi connectivity index (χ4n) is 3.00. The van der Waals surface area contributed by atoms with Gasteiger partial charge in [-0.05, 0) is 49.4 Å². The molecule has 2 aromatic carbocycles. The van der Waals surface area contributed by atoms with Crippen LogP contribution in [-0.4, -0.2) is 25.9 Å². The van der Waals surface area contributed by atoms with Crippen LogP contribution in [0.25, 0.3) is 0 Å². The summed E-state index contributed by atoms with van der Waals surface area (Å²) < 4.78 is 34.6. The molecule has 0 N–H and O–H groups in total. The molecule has 1 saturated carbocycles. The SMILES string of the molecule is COc1ccc(Br)cc1S(=O)(=O)N(Cc1ccccc1)[C@@H](C)C1CC1. The smallest absolute Gasteiger partial charge is 0.247 e. The molecule has 0 unspecified atom stereocenters. The average Bonchev–Trinajstić information content (AvgIpc) is 3.45. The molecule has 0 aromatic heterocycles. The lowest BCUT2D eigenvalue weighted by Crippen LogP contribution is -2.39. The third-order valence-electron chi connectivity index (χ3n) is 4.65. The van der Waals surface area contributed by atoms with Crippen molar-refractivity contribution in [2.24, 2.45) is 5.92 Å². The number of hydrogen-bond acceptors (Lipinski definition) is 3. The lowest BCUT2D eigenvalue weighted by Gasteiger charge is -2.29. The van der Waals surface area contributed by atoms with Gasteiger partial charge in [0.15, 0.2) is 0 Å². The Labute approximate surface area is 158 Å². The van der Waals surface area contributed by atoms with Crippen LogP contribution in [0.1, 0.15) is 25.3 Å². The van der Waals surface area contributed by atoms with Crippen LogP contribution in [0.2, 0.25) is 0 Å². The second-order valence-corrected chi connectivity index (χ2v) is 9.18. The fourth-order valence-corrected chi connectivity index (χ4v) is 5.38. The summed E-state index contributed by atoms with van der Waals surface area (Å²) in [6.45, 7) is 2.36. The van der Waals surface area contributed by atoms with Crippen molar-refractivity contribution in [3.8, 4) is 5.75 Å². The number of benzene rings is 2. The zero-order valence-corrected chi connectivity index (χ0v) is 16.8. The molecule has 0 saturated heterocycles. The lowest BCUT2D eigenvalue weighted by molar-refractivity contribution is 0.301. The predicted octanol–water partition coefficient (Wildman–Crippen LogP) is 4.45. The number of nitrogens with zero attached hydrogens (tertiary/aromatic N) is 1. The van der Waals surface area contributed by atoms with E-state index in [1.165, 1.54) is 7.11 Å².